The molecule has 2 rings (SSSR count). The molecule has 120 valence electrons. The molecule has 1 aliphatic rings. The lowest BCUT2D eigenvalue weighted by Crippen LogP contribution is -2.48. The molecule has 0 N–H and O–H groups in total. The number of ether oxygens (including phenoxy) is 1. The van der Waals surface area contributed by atoms with E-state index in [-0.39, 0.29) is 23.2 Å². The fourth-order valence-electron chi connectivity index (χ4n) is 2.35. The normalized spacial score (nSPS) is 15.7. The number of nitrogens with zero attached hydrogens (tertiary/aromatic N) is 3. The fraction of sp³-hybridized carbons (Fsp3) is 0.533. The number of pyridine rings is 1. The zero-order chi connectivity index (χ0) is 16.1. The van der Waals surface area contributed by atoms with Gasteiger partial charge in [-0.1, -0.05) is 18.5 Å². The van der Waals surface area contributed by atoms with Crippen LogP contribution in [0.25, 0.3) is 0 Å². The second-order valence-electron chi connectivity index (χ2n) is 5.00. The van der Waals surface area contributed by atoms with Crippen LogP contribution >= 0.6 is 11.6 Å². The van der Waals surface area contributed by atoms with Crippen LogP contribution in [0.3, 0.4) is 0 Å². The van der Waals surface area contributed by atoms with Crippen LogP contribution in [0.1, 0.15) is 34.7 Å². The summed E-state index contributed by atoms with van der Waals surface area (Å²) in [6, 6.07) is 1.48. The van der Waals surface area contributed by atoms with Gasteiger partial charge in [0.1, 0.15) is 0 Å². The first-order valence-electron chi connectivity index (χ1n) is 7.41. The topological polar surface area (TPSA) is 62.7 Å². The SMILES string of the molecule is CCOC(=O)c1ncc(C(=O)N2CCN(CC)CC2)cc1Cl. The van der Waals surface area contributed by atoms with Crippen LogP contribution in [0.2, 0.25) is 5.02 Å². The van der Waals surface area contributed by atoms with Crippen molar-refractivity contribution in [2.24, 2.45) is 0 Å². The van der Waals surface area contributed by atoms with Gasteiger partial charge in [-0.15, -0.1) is 0 Å². The van der Waals surface area contributed by atoms with Crippen molar-refractivity contribution in [3.8, 4) is 0 Å². The molecule has 1 aromatic rings. The molecular weight excluding hydrogens is 306 g/mol. The maximum absolute atomic E-state index is 12.4. The molecule has 0 unspecified atom stereocenters. The van der Waals surface area contributed by atoms with Crippen molar-refractivity contribution in [2.75, 3.05) is 39.3 Å². The van der Waals surface area contributed by atoms with Gasteiger partial charge in [0.05, 0.1) is 17.2 Å². The molecule has 22 heavy (non-hydrogen) atoms. The number of hydrogen-bond acceptors (Lipinski definition) is 5. The summed E-state index contributed by atoms with van der Waals surface area (Å²) in [5.74, 6) is -0.691. The van der Waals surface area contributed by atoms with E-state index in [0.717, 1.165) is 19.6 Å². The summed E-state index contributed by atoms with van der Waals surface area (Å²) in [7, 11) is 0. The largest absolute Gasteiger partial charge is 0.461 e. The van der Waals surface area contributed by atoms with Crippen LogP contribution in [0, 0.1) is 0 Å². The molecule has 2 heterocycles. The molecule has 0 saturated carbocycles. The molecule has 0 aliphatic carbocycles. The van der Waals surface area contributed by atoms with Crippen molar-refractivity contribution in [2.45, 2.75) is 13.8 Å². The van der Waals surface area contributed by atoms with Gasteiger partial charge >= 0.3 is 5.97 Å². The Labute approximate surface area is 135 Å². The van der Waals surface area contributed by atoms with Gasteiger partial charge in [-0.05, 0) is 19.5 Å². The molecule has 0 aromatic carbocycles. The molecule has 1 aromatic heterocycles. The van der Waals surface area contributed by atoms with E-state index in [1.165, 1.54) is 12.3 Å². The number of aromatic nitrogens is 1. The predicted octanol–water partition coefficient (Wildman–Crippen LogP) is 1.69. The standard InChI is InChI=1S/C15H20ClN3O3/c1-3-18-5-7-19(8-6-18)14(20)11-9-12(16)13(17-10-11)15(21)22-4-2/h9-10H,3-8H2,1-2H3. The molecule has 0 spiro atoms. The highest BCUT2D eigenvalue weighted by atomic mass is 35.5. The van der Waals surface area contributed by atoms with Gasteiger partial charge in [-0.25, -0.2) is 9.78 Å². The van der Waals surface area contributed by atoms with E-state index >= 15 is 0 Å². The van der Waals surface area contributed by atoms with Gasteiger partial charge in [0.25, 0.3) is 5.91 Å². The van der Waals surface area contributed by atoms with Crippen LogP contribution in [-0.4, -0.2) is 66.0 Å². The average Bonchev–Trinajstić information content (AvgIpc) is 2.54. The molecule has 6 nitrogen and oxygen atoms in total. The van der Waals surface area contributed by atoms with E-state index in [0.29, 0.717) is 18.7 Å². The smallest absolute Gasteiger partial charge is 0.358 e. The number of carbonyl (C=O) groups excluding carboxylic acids is 2. The van der Waals surface area contributed by atoms with Crippen LogP contribution < -0.4 is 0 Å². The maximum Gasteiger partial charge on any atom is 0.358 e. The number of hydrogen-bond donors (Lipinski definition) is 0. The highest BCUT2D eigenvalue weighted by Gasteiger charge is 2.23. The Morgan fingerprint density at radius 2 is 1.95 bits per heavy atom. The predicted molar refractivity (Wildman–Crippen MR) is 83.2 cm³/mol. The summed E-state index contributed by atoms with van der Waals surface area (Å²) in [6.07, 6.45) is 1.38. The molecule has 0 bridgehead atoms. The van der Waals surface area contributed by atoms with Crippen LogP contribution in [-0.2, 0) is 4.74 Å². The Morgan fingerprint density at radius 3 is 2.50 bits per heavy atom. The third kappa shape index (κ3) is 3.75. The number of rotatable bonds is 4. The van der Waals surface area contributed by atoms with Crippen LogP contribution in [0.15, 0.2) is 12.3 Å². The molecule has 1 fully saturated rings. The van der Waals surface area contributed by atoms with Crippen molar-refractivity contribution < 1.29 is 14.3 Å². The van der Waals surface area contributed by atoms with E-state index < -0.39 is 5.97 Å². The number of likely N-dealkylation sites (N-methyl/N-ethyl adjacent to an activating group) is 1. The van der Waals surface area contributed by atoms with Crippen molar-refractivity contribution >= 4 is 23.5 Å². The Kier molecular flexibility index (Phi) is 5.74. The van der Waals surface area contributed by atoms with Crippen molar-refractivity contribution in [3.63, 3.8) is 0 Å². The van der Waals surface area contributed by atoms with E-state index in [1.807, 2.05) is 0 Å². The van der Waals surface area contributed by atoms with Crippen molar-refractivity contribution in [1.29, 1.82) is 0 Å². The first kappa shape index (κ1) is 16.7. The molecule has 1 saturated heterocycles. The maximum atomic E-state index is 12.4. The third-order valence-electron chi connectivity index (χ3n) is 3.66. The Bertz CT molecular complexity index is 557. The first-order chi connectivity index (χ1) is 10.6. The zero-order valence-corrected chi connectivity index (χ0v) is 13.6. The monoisotopic (exact) mass is 325 g/mol. The third-order valence-corrected chi connectivity index (χ3v) is 3.95. The fourth-order valence-corrected chi connectivity index (χ4v) is 2.60. The van der Waals surface area contributed by atoms with Gasteiger partial charge in [0, 0.05) is 32.4 Å². The van der Waals surface area contributed by atoms with E-state index in [4.69, 9.17) is 16.3 Å². The minimum absolute atomic E-state index is 0.0378. The summed E-state index contributed by atoms with van der Waals surface area (Å²) in [4.78, 5) is 32.1. The Balaban J connectivity index is 2.08. The summed E-state index contributed by atoms with van der Waals surface area (Å²) in [6.45, 7) is 8.15. The van der Waals surface area contributed by atoms with Gasteiger partial charge in [0.2, 0.25) is 0 Å². The van der Waals surface area contributed by atoms with Gasteiger partial charge in [-0.3, -0.25) is 4.79 Å². The van der Waals surface area contributed by atoms with E-state index in [9.17, 15) is 9.59 Å². The average molecular weight is 326 g/mol. The Hall–Kier alpha value is -1.66. The van der Waals surface area contributed by atoms with E-state index in [1.54, 1.807) is 11.8 Å². The van der Waals surface area contributed by atoms with Crippen LogP contribution in [0.5, 0.6) is 0 Å². The summed E-state index contributed by atoms with van der Waals surface area (Å²) < 4.78 is 4.86. The van der Waals surface area contributed by atoms with E-state index in [2.05, 4.69) is 16.8 Å². The van der Waals surface area contributed by atoms with Crippen molar-refractivity contribution in [3.05, 3.63) is 28.5 Å². The number of halogens is 1. The summed E-state index contributed by atoms with van der Waals surface area (Å²) in [5.41, 5.74) is 0.430. The number of esters is 1. The zero-order valence-electron chi connectivity index (χ0n) is 12.8. The molecule has 7 heteroatoms. The van der Waals surface area contributed by atoms with Crippen molar-refractivity contribution in [1.82, 2.24) is 14.8 Å². The summed E-state index contributed by atoms with van der Waals surface area (Å²) >= 11 is 6.05. The lowest BCUT2D eigenvalue weighted by molar-refractivity contribution is 0.0518. The highest BCUT2D eigenvalue weighted by molar-refractivity contribution is 6.33. The second kappa shape index (κ2) is 7.56. The molecule has 0 atom stereocenters. The second-order valence-corrected chi connectivity index (χ2v) is 5.41. The molecule has 1 amide bonds. The van der Waals surface area contributed by atoms with Gasteiger partial charge < -0.3 is 14.5 Å². The molecule has 1 aliphatic heterocycles. The lowest BCUT2D eigenvalue weighted by Gasteiger charge is -2.34. The Morgan fingerprint density at radius 1 is 1.27 bits per heavy atom. The quantitative estimate of drug-likeness (QED) is 0.788. The van der Waals surface area contributed by atoms with Gasteiger partial charge in [0.15, 0.2) is 5.69 Å². The highest BCUT2D eigenvalue weighted by Crippen LogP contribution is 2.18. The minimum Gasteiger partial charge on any atom is -0.461 e. The minimum atomic E-state index is -0.581. The first-order valence-corrected chi connectivity index (χ1v) is 7.78. The number of amides is 1. The molecular formula is C15H20ClN3O3. The van der Waals surface area contributed by atoms with Crippen LogP contribution in [0.4, 0.5) is 0 Å². The molecule has 0 radical (unpaired) electrons. The number of piperazine rings is 1. The lowest BCUT2D eigenvalue weighted by atomic mass is 10.2. The van der Waals surface area contributed by atoms with Gasteiger partial charge in [-0.2, -0.15) is 0 Å². The number of carbonyl (C=O) groups is 2. The summed E-state index contributed by atoms with van der Waals surface area (Å²) in [5, 5.41) is 0.136.